The number of hydrogen-bond acceptors (Lipinski definition) is 10. The predicted molar refractivity (Wildman–Crippen MR) is 247 cm³/mol. The maximum absolute atomic E-state index is 13.1. The van der Waals surface area contributed by atoms with Gasteiger partial charge in [0.05, 0.1) is 25.4 Å². The summed E-state index contributed by atoms with van der Waals surface area (Å²) in [5.41, 5.74) is 0. The van der Waals surface area contributed by atoms with E-state index >= 15 is 0 Å². The van der Waals surface area contributed by atoms with Crippen molar-refractivity contribution in [2.24, 2.45) is 0 Å². The van der Waals surface area contributed by atoms with Crippen molar-refractivity contribution in [3.63, 3.8) is 0 Å². The van der Waals surface area contributed by atoms with Crippen LogP contribution in [0.3, 0.4) is 0 Å². The summed E-state index contributed by atoms with van der Waals surface area (Å²) in [4.78, 5) is 13.1. The average Bonchev–Trinajstić information content (AvgIpc) is 3.26. The van der Waals surface area contributed by atoms with Crippen molar-refractivity contribution in [2.75, 3.05) is 13.2 Å². The Hall–Kier alpha value is -1.41. The SMILES string of the molecule is CCCCCCCCC/C=C\CCC[C@@H](O)[C@@H](O)[C@H](CO[C@@H]1O[C@H](CO)[C@@H](O)[C@H](O)[C@H]1O)NC(=O)[C@H](O)CCCCCCCCCCCC/C=C\CCCCCCCCCC. The van der Waals surface area contributed by atoms with Gasteiger partial charge in [-0.3, -0.25) is 4.79 Å². The first-order valence-corrected chi connectivity index (χ1v) is 25.2. The first-order chi connectivity index (χ1) is 29.7. The summed E-state index contributed by atoms with van der Waals surface area (Å²) in [5, 5.41) is 75.7. The van der Waals surface area contributed by atoms with Gasteiger partial charge in [-0.1, -0.05) is 179 Å². The largest absolute Gasteiger partial charge is 0.394 e. The molecule has 0 aliphatic carbocycles. The number of aliphatic hydroxyl groups is 7. The molecule has 11 heteroatoms. The van der Waals surface area contributed by atoms with Gasteiger partial charge in [-0.05, 0) is 64.2 Å². The van der Waals surface area contributed by atoms with E-state index in [1.165, 1.54) is 141 Å². The molecule has 0 saturated carbocycles. The van der Waals surface area contributed by atoms with Crippen LogP contribution in [-0.4, -0.2) is 110 Å². The summed E-state index contributed by atoms with van der Waals surface area (Å²) in [7, 11) is 0. The molecule has 0 aromatic carbocycles. The molecule has 1 saturated heterocycles. The Labute approximate surface area is 372 Å². The number of aliphatic hydroxyl groups excluding tert-OH is 7. The van der Waals surface area contributed by atoms with Crippen LogP contribution in [0.1, 0.15) is 219 Å². The molecule has 0 radical (unpaired) electrons. The molecule has 1 fully saturated rings. The molecular weight excluding hydrogens is 775 g/mol. The quantitative estimate of drug-likeness (QED) is 0.0217. The second kappa shape index (κ2) is 40.1. The van der Waals surface area contributed by atoms with Crippen LogP contribution in [0, 0.1) is 0 Å². The van der Waals surface area contributed by atoms with Crippen molar-refractivity contribution in [2.45, 2.75) is 274 Å². The third-order valence-electron chi connectivity index (χ3n) is 12.2. The van der Waals surface area contributed by atoms with Crippen molar-refractivity contribution < 1.29 is 50.0 Å². The first kappa shape index (κ1) is 57.6. The van der Waals surface area contributed by atoms with Crippen LogP contribution in [0.25, 0.3) is 0 Å². The predicted octanol–water partition coefficient (Wildman–Crippen LogP) is 9.01. The van der Waals surface area contributed by atoms with Crippen LogP contribution in [0.2, 0.25) is 0 Å². The van der Waals surface area contributed by atoms with Gasteiger partial charge in [0.1, 0.15) is 36.6 Å². The molecule has 1 rings (SSSR count). The van der Waals surface area contributed by atoms with Crippen molar-refractivity contribution in [1.82, 2.24) is 5.32 Å². The molecule has 0 unspecified atom stereocenters. The third-order valence-corrected chi connectivity index (χ3v) is 12.2. The molecule has 1 aliphatic rings. The van der Waals surface area contributed by atoms with Crippen LogP contribution in [0.15, 0.2) is 24.3 Å². The Morgan fingerprint density at radius 1 is 0.557 bits per heavy atom. The lowest BCUT2D eigenvalue weighted by atomic mass is 9.98. The van der Waals surface area contributed by atoms with Crippen molar-refractivity contribution >= 4 is 5.91 Å². The molecule has 0 bridgehead atoms. The van der Waals surface area contributed by atoms with E-state index in [4.69, 9.17) is 9.47 Å². The fourth-order valence-electron chi connectivity index (χ4n) is 8.02. The molecule has 1 aliphatic heterocycles. The highest BCUT2D eigenvalue weighted by molar-refractivity contribution is 5.80. The number of nitrogens with one attached hydrogen (secondary N) is 1. The molecule has 1 amide bonds. The average molecular weight is 870 g/mol. The standard InChI is InChI=1S/C50H95NO10/c1-3-5-7-9-11-13-15-17-18-19-20-21-22-23-24-25-26-28-30-32-34-36-38-43(54)49(59)51-41(40-60-50-48(58)47(57)46(56)44(39-52)61-50)45(55)42(53)37-35-33-31-29-27-16-14-12-10-8-6-4-2/h19-20,29,31,41-48,50,52-58H,3-18,21-28,30,32-40H2,1-2H3,(H,51,59)/b20-19-,31-29-/t41-,42+,43+,44+,45-,46+,47-,48+,50+/m0/s1. The van der Waals surface area contributed by atoms with Gasteiger partial charge in [0.2, 0.25) is 5.91 Å². The number of carbonyl (C=O) groups is 1. The highest BCUT2D eigenvalue weighted by Gasteiger charge is 2.44. The maximum Gasteiger partial charge on any atom is 0.249 e. The molecule has 0 aromatic rings. The van der Waals surface area contributed by atoms with E-state index in [-0.39, 0.29) is 12.8 Å². The summed E-state index contributed by atoms with van der Waals surface area (Å²) >= 11 is 0. The van der Waals surface area contributed by atoms with Crippen molar-refractivity contribution in [3.05, 3.63) is 24.3 Å². The van der Waals surface area contributed by atoms with Crippen molar-refractivity contribution in [1.29, 1.82) is 0 Å². The molecule has 0 aromatic heterocycles. The minimum Gasteiger partial charge on any atom is -0.394 e. The number of unbranched alkanes of at least 4 members (excludes halogenated alkanes) is 26. The molecule has 1 heterocycles. The van der Waals surface area contributed by atoms with Gasteiger partial charge >= 0.3 is 0 Å². The van der Waals surface area contributed by atoms with Gasteiger partial charge in [0.15, 0.2) is 6.29 Å². The van der Waals surface area contributed by atoms with E-state index < -0.39 is 74.2 Å². The lowest BCUT2D eigenvalue weighted by Crippen LogP contribution is -2.60. The number of hydrogen-bond donors (Lipinski definition) is 8. The van der Waals surface area contributed by atoms with E-state index in [9.17, 15) is 40.5 Å². The van der Waals surface area contributed by atoms with E-state index in [0.717, 1.165) is 38.5 Å². The van der Waals surface area contributed by atoms with Crippen molar-refractivity contribution in [3.8, 4) is 0 Å². The Morgan fingerprint density at radius 2 is 0.967 bits per heavy atom. The summed E-state index contributed by atoms with van der Waals surface area (Å²) in [5.74, 6) is -0.707. The molecule has 61 heavy (non-hydrogen) atoms. The zero-order valence-electron chi connectivity index (χ0n) is 38.9. The second-order valence-corrected chi connectivity index (χ2v) is 17.9. The summed E-state index contributed by atoms with van der Waals surface area (Å²) in [6.07, 6.45) is 33.8. The van der Waals surface area contributed by atoms with Crippen LogP contribution in [-0.2, 0) is 14.3 Å². The normalized spacial score (nSPS) is 21.6. The van der Waals surface area contributed by atoms with Gasteiger partial charge in [-0.25, -0.2) is 0 Å². The lowest BCUT2D eigenvalue weighted by molar-refractivity contribution is -0.303. The molecule has 9 atom stereocenters. The molecular formula is C50H95NO10. The van der Waals surface area contributed by atoms with Gasteiger partial charge in [-0.15, -0.1) is 0 Å². The van der Waals surface area contributed by atoms with Crippen LogP contribution >= 0.6 is 0 Å². The second-order valence-electron chi connectivity index (χ2n) is 17.9. The zero-order valence-corrected chi connectivity index (χ0v) is 38.9. The number of carbonyl (C=O) groups excluding carboxylic acids is 1. The topological polar surface area (TPSA) is 189 Å². The highest BCUT2D eigenvalue weighted by atomic mass is 16.7. The molecule has 11 nitrogen and oxygen atoms in total. The first-order valence-electron chi connectivity index (χ1n) is 25.2. The van der Waals surface area contributed by atoms with E-state index in [1.807, 2.05) is 0 Å². The van der Waals surface area contributed by atoms with Gasteiger partial charge in [-0.2, -0.15) is 0 Å². The van der Waals surface area contributed by atoms with Crippen LogP contribution in [0.5, 0.6) is 0 Å². The van der Waals surface area contributed by atoms with E-state index in [0.29, 0.717) is 12.8 Å². The summed E-state index contributed by atoms with van der Waals surface area (Å²) in [6, 6.07) is -1.18. The Balaban J connectivity index is 2.37. The highest BCUT2D eigenvalue weighted by Crippen LogP contribution is 2.23. The Kier molecular flexibility index (Phi) is 37.9. The molecule has 0 spiro atoms. The minimum absolute atomic E-state index is 0.254. The summed E-state index contributed by atoms with van der Waals surface area (Å²) < 4.78 is 11.1. The lowest BCUT2D eigenvalue weighted by Gasteiger charge is -2.40. The number of amides is 1. The maximum atomic E-state index is 13.1. The minimum atomic E-state index is -1.67. The molecule has 360 valence electrons. The third kappa shape index (κ3) is 29.6. The fourth-order valence-corrected chi connectivity index (χ4v) is 8.02. The van der Waals surface area contributed by atoms with Gasteiger partial charge < -0.3 is 50.5 Å². The van der Waals surface area contributed by atoms with Gasteiger partial charge in [0, 0.05) is 0 Å². The smallest absolute Gasteiger partial charge is 0.249 e. The van der Waals surface area contributed by atoms with E-state index in [1.54, 1.807) is 0 Å². The van der Waals surface area contributed by atoms with Gasteiger partial charge in [0.25, 0.3) is 0 Å². The number of rotatable bonds is 42. The van der Waals surface area contributed by atoms with E-state index in [2.05, 4.69) is 43.5 Å². The fraction of sp³-hybridized carbons (Fsp3) is 0.900. The number of allylic oxidation sites excluding steroid dienone is 4. The monoisotopic (exact) mass is 870 g/mol. The number of ether oxygens (including phenoxy) is 2. The van der Waals surface area contributed by atoms with Crippen LogP contribution < -0.4 is 5.32 Å². The summed E-state index contributed by atoms with van der Waals surface area (Å²) in [6.45, 7) is 3.42. The zero-order chi connectivity index (χ0) is 44.8. The van der Waals surface area contributed by atoms with Crippen LogP contribution in [0.4, 0.5) is 0 Å². The molecule has 8 N–H and O–H groups in total. The Morgan fingerprint density at radius 3 is 1.41 bits per heavy atom. The Bertz CT molecular complexity index is 1040.